The highest BCUT2D eigenvalue weighted by molar-refractivity contribution is 6.02. The summed E-state index contributed by atoms with van der Waals surface area (Å²) in [5.74, 6) is 0.909. The monoisotopic (exact) mass is 430 g/mol. The molecule has 3 aromatic carbocycles. The molecule has 0 atom stereocenters. The van der Waals surface area contributed by atoms with Gasteiger partial charge in [-0.15, -0.1) is 0 Å². The van der Waals surface area contributed by atoms with Gasteiger partial charge in [-0.25, -0.2) is 0 Å². The number of nitrogens with zero attached hydrogens (tertiary/aromatic N) is 1. The fraction of sp³-hybridized carbons (Fsp3) is 0.120. The number of phenolic OH excluding ortho intramolecular Hbond substituents is 1. The van der Waals surface area contributed by atoms with Crippen LogP contribution in [-0.2, 0) is 6.54 Å². The Bertz CT molecular complexity index is 1360. The van der Waals surface area contributed by atoms with E-state index in [0.717, 1.165) is 22.4 Å². The molecule has 1 aromatic heterocycles. The Morgan fingerprint density at radius 1 is 0.906 bits per heavy atom. The molecule has 4 aromatic rings. The predicted molar refractivity (Wildman–Crippen MR) is 124 cm³/mol. The van der Waals surface area contributed by atoms with Crippen LogP contribution < -0.4 is 15.0 Å². The van der Waals surface area contributed by atoms with Gasteiger partial charge in [0, 0.05) is 17.0 Å². The van der Waals surface area contributed by atoms with E-state index in [2.05, 4.69) is 9.98 Å². The summed E-state index contributed by atoms with van der Waals surface area (Å²) in [5, 5.41) is 21.4. The van der Waals surface area contributed by atoms with Gasteiger partial charge in [-0.1, -0.05) is 24.3 Å². The molecule has 1 heterocycles. The maximum Gasteiger partial charge on any atom is 0.258 e. The number of aromatic hydroxyl groups is 2. The molecule has 0 unspecified atom stereocenters. The fourth-order valence-corrected chi connectivity index (χ4v) is 3.50. The number of phenols is 1. The van der Waals surface area contributed by atoms with Crippen molar-refractivity contribution in [2.45, 2.75) is 6.54 Å². The van der Waals surface area contributed by atoms with E-state index in [1.165, 1.54) is 13.3 Å². The number of aromatic amines is 1. The molecule has 0 saturated heterocycles. The van der Waals surface area contributed by atoms with Crippen LogP contribution in [0.25, 0.3) is 21.9 Å². The molecule has 0 aliphatic heterocycles. The first-order valence-electron chi connectivity index (χ1n) is 9.89. The van der Waals surface area contributed by atoms with Gasteiger partial charge in [-0.2, -0.15) is 0 Å². The van der Waals surface area contributed by atoms with Crippen molar-refractivity contribution >= 4 is 17.0 Å². The van der Waals surface area contributed by atoms with Gasteiger partial charge in [0.15, 0.2) is 11.5 Å². The number of H-pyrrole nitrogens is 1. The number of benzene rings is 3. The molecular weight excluding hydrogens is 408 g/mol. The second-order valence-electron chi connectivity index (χ2n) is 7.18. The second kappa shape index (κ2) is 8.85. The SMILES string of the molecule is COc1ccc(-c2ccc3c(=O)[nH]c(O)c(C=NCc4ccc(OC)c(O)c4)c3c2)cc1. The molecule has 7 heteroatoms. The van der Waals surface area contributed by atoms with Crippen molar-refractivity contribution in [3.63, 3.8) is 0 Å². The van der Waals surface area contributed by atoms with Gasteiger partial charge in [0.1, 0.15) is 5.75 Å². The third kappa shape index (κ3) is 4.13. The van der Waals surface area contributed by atoms with Gasteiger partial charge >= 0.3 is 0 Å². The summed E-state index contributed by atoms with van der Waals surface area (Å²) in [6.45, 7) is 0.274. The highest BCUT2D eigenvalue weighted by Gasteiger charge is 2.11. The Labute approximate surface area is 184 Å². The molecular formula is C25H22N2O5. The molecule has 162 valence electrons. The molecule has 7 nitrogen and oxygen atoms in total. The summed E-state index contributed by atoms with van der Waals surface area (Å²) in [4.78, 5) is 19.2. The number of hydrogen-bond donors (Lipinski definition) is 3. The smallest absolute Gasteiger partial charge is 0.258 e. The molecule has 0 aliphatic carbocycles. The van der Waals surface area contributed by atoms with Crippen molar-refractivity contribution < 1.29 is 19.7 Å². The first-order valence-corrected chi connectivity index (χ1v) is 9.89. The zero-order chi connectivity index (χ0) is 22.7. The lowest BCUT2D eigenvalue weighted by Crippen LogP contribution is -2.08. The van der Waals surface area contributed by atoms with Crippen LogP contribution in [0.1, 0.15) is 11.1 Å². The normalized spacial score (nSPS) is 11.2. The summed E-state index contributed by atoms with van der Waals surface area (Å²) >= 11 is 0. The van der Waals surface area contributed by atoms with Gasteiger partial charge < -0.3 is 19.7 Å². The van der Waals surface area contributed by atoms with Crippen LogP contribution in [-0.4, -0.2) is 35.6 Å². The quantitative estimate of drug-likeness (QED) is 0.397. The van der Waals surface area contributed by atoms with Gasteiger partial charge in [-0.05, 0) is 53.1 Å². The minimum absolute atomic E-state index is 0.0293. The van der Waals surface area contributed by atoms with E-state index in [9.17, 15) is 15.0 Å². The minimum atomic E-state index is -0.379. The number of methoxy groups -OCH3 is 2. The Morgan fingerprint density at radius 2 is 1.66 bits per heavy atom. The average molecular weight is 430 g/mol. The van der Waals surface area contributed by atoms with Gasteiger partial charge in [0.25, 0.3) is 5.56 Å². The van der Waals surface area contributed by atoms with Gasteiger partial charge in [0.2, 0.25) is 5.88 Å². The summed E-state index contributed by atoms with van der Waals surface area (Å²) in [6, 6.07) is 18.0. The van der Waals surface area contributed by atoms with Crippen LogP contribution in [0.3, 0.4) is 0 Å². The van der Waals surface area contributed by atoms with E-state index in [4.69, 9.17) is 9.47 Å². The number of nitrogens with one attached hydrogen (secondary N) is 1. The number of hydrogen-bond acceptors (Lipinski definition) is 6. The lowest BCUT2D eigenvalue weighted by atomic mass is 9.99. The van der Waals surface area contributed by atoms with E-state index in [0.29, 0.717) is 22.1 Å². The van der Waals surface area contributed by atoms with E-state index < -0.39 is 0 Å². The van der Waals surface area contributed by atoms with E-state index in [1.54, 1.807) is 31.4 Å². The van der Waals surface area contributed by atoms with Crippen molar-refractivity contribution in [2.24, 2.45) is 4.99 Å². The van der Waals surface area contributed by atoms with Crippen LogP contribution in [0.5, 0.6) is 23.1 Å². The van der Waals surface area contributed by atoms with Crippen LogP contribution in [0.2, 0.25) is 0 Å². The molecule has 0 fully saturated rings. The Morgan fingerprint density at radius 3 is 2.34 bits per heavy atom. The van der Waals surface area contributed by atoms with Crippen molar-refractivity contribution in [2.75, 3.05) is 14.2 Å². The molecule has 0 radical (unpaired) electrons. The van der Waals surface area contributed by atoms with Crippen LogP contribution in [0, 0.1) is 0 Å². The largest absolute Gasteiger partial charge is 0.504 e. The lowest BCUT2D eigenvalue weighted by Gasteiger charge is -2.09. The van der Waals surface area contributed by atoms with Crippen molar-refractivity contribution in [1.29, 1.82) is 0 Å². The Hall–Kier alpha value is -4.26. The minimum Gasteiger partial charge on any atom is -0.504 e. The van der Waals surface area contributed by atoms with E-state index in [-0.39, 0.29) is 23.7 Å². The number of rotatable bonds is 6. The number of fused-ring (bicyclic) bond motifs is 1. The fourth-order valence-electron chi connectivity index (χ4n) is 3.50. The van der Waals surface area contributed by atoms with E-state index >= 15 is 0 Å². The maximum absolute atomic E-state index is 12.4. The summed E-state index contributed by atoms with van der Waals surface area (Å²) < 4.78 is 10.3. The number of aliphatic imine (C=N–C) groups is 1. The first kappa shape index (κ1) is 21.0. The van der Waals surface area contributed by atoms with Crippen LogP contribution >= 0.6 is 0 Å². The number of pyridine rings is 1. The third-order valence-electron chi connectivity index (χ3n) is 5.20. The average Bonchev–Trinajstić information content (AvgIpc) is 2.81. The predicted octanol–water partition coefficient (Wildman–Crippen LogP) is 4.24. The first-order chi connectivity index (χ1) is 15.5. The topological polar surface area (TPSA) is 104 Å². The van der Waals surface area contributed by atoms with Crippen LogP contribution in [0.15, 0.2) is 70.5 Å². The molecule has 4 rings (SSSR count). The molecule has 3 N–H and O–H groups in total. The highest BCUT2D eigenvalue weighted by Crippen LogP contribution is 2.29. The number of ether oxygens (including phenoxy) is 2. The van der Waals surface area contributed by atoms with Gasteiger partial charge in [0.05, 0.1) is 26.3 Å². The Kier molecular flexibility index (Phi) is 5.81. The van der Waals surface area contributed by atoms with Crippen molar-refractivity contribution in [3.05, 3.63) is 82.1 Å². The van der Waals surface area contributed by atoms with Gasteiger partial charge in [-0.3, -0.25) is 14.8 Å². The lowest BCUT2D eigenvalue weighted by molar-refractivity contribution is 0.373. The molecule has 0 amide bonds. The van der Waals surface area contributed by atoms with Crippen LogP contribution in [0.4, 0.5) is 0 Å². The maximum atomic E-state index is 12.4. The summed E-state index contributed by atoms with van der Waals surface area (Å²) in [5.41, 5.74) is 2.64. The highest BCUT2D eigenvalue weighted by atomic mass is 16.5. The Balaban J connectivity index is 1.71. The zero-order valence-corrected chi connectivity index (χ0v) is 17.6. The standard InChI is InChI=1S/C25H22N2O5/c1-31-18-7-4-16(5-8-18)17-6-9-19-20(12-17)21(25(30)27-24(19)29)14-26-13-15-3-10-23(32-2)22(28)11-15/h3-12,14,28H,13H2,1-2H3,(H2,27,29,30). The summed E-state index contributed by atoms with van der Waals surface area (Å²) in [6.07, 6.45) is 1.52. The molecule has 32 heavy (non-hydrogen) atoms. The second-order valence-corrected chi connectivity index (χ2v) is 7.18. The molecule has 0 bridgehead atoms. The van der Waals surface area contributed by atoms with Crippen molar-refractivity contribution in [1.82, 2.24) is 4.98 Å². The summed E-state index contributed by atoms with van der Waals surface area (Å²) in [7, 11) is 3.09. The molecule has 0 spiro atoms. The number of aromatic nitrogens is 1. The molecule has 0 saturated carbocycles. The van der Waals surface area contributed by atoms with E-state index in [1.807, 2.05) is 36.4 Å². The third-order valence-corrected chi connectivity index (χ3v) is 5.20. The zero-order valence-electron chi connectivity index (χ0n) is 17.6. The molecule has 0 aliphatic rings. The van der Waals surface area contributed by atoms with Crippen molar-refractivity contribution in [3.8, 4) is 34.3 Å².